The Morgan fingerprint density at radius 2 is 1.68 bits per heavy atom. The lowest BCUT2D eigenvalue weighted by Crippen LogP contribution is -2.46. The van der Waals surface area contributed by atoms with Gasteiger partial charge in [0.1, 0.15) is 6.04 Å². The number of imide groups is 1. The Bertz CT molecular complexity index is 1500. The van der Waals surface area contributed by atoms with E-state index in [2.05, 4.69) is 5.32 Å². The number of fused-ring (bicyclic) bond motifs is 6. The second-order valence-corrected chi connectivity index (χ2v) is 9.82. The Kier molecular flexibility index (Phi) is 4.81. The van der Waals surface area contributed by atoms with E-state index in [-0.39, 0.29) is 18.6 Å². The number of ether oxygens (including phenoxy) is 2. The summed E-state index contributed by atoms with van der Waals surface area (Å²) in [4.78, 5) is 44.7. The summed E-state index contributed by atoms with van der Waals surface area (Å²) >= 11 is 6.00. The lowest BCUT2D eigenvalue weighted by Gasteiger charge is -2.35. The highest BCUT2D eigenvalue weighted by molar-refractivity contribution is 6.30. The van der Waals surface area contributed by atoms with Crippen LogP contribution in [0, 0.1) is 11.8 Å². The summed E-state index contributed by atoms with van der Waals surface area (Å²) < 4.78 is 10.8. The van der Waals surface area contributed by atoms with Gasteiger partial charge in [0.25, 0.3) is 0 Å². The molecule has 0 unspecified atom stereocenters. The van der Waals surface area contributed by atoms with E-state index in [4.69, 9.17) is 21.1 Å². The molecule has 0 spiro atoms. The Hall–Kier alpha value is -4.30. The summed E-state index contributed by atoms with van der Waals surface area (Å²) in [6, 6.07) is 18.2. The highest BCUT2D eigenvalue weighted by atomic mass is 35.5. The fourth-order valence-electron chi connectivity index (χ4n) is 5.89. The molecule has 7 rings (SSSR count). The Balaban J connectivity index is 1.31. The zero-order chi connectivity index (χ0) is 25.3. The summed E-state index contributed by atoms with van der Waals surface area (Å²) in [7, 11) is 0. The number of nitrogens with one attached hydrogen (secondary N) is 1. The quantitative estimate of drug-likeness (QED) is 0.528. The lowest BCUT2D eigenvalue weighted by atomic mass is 9.84. The number of carbonyl (C=O) groups excluding carboxylic acids is 3. The molecular weight excluding hydrogens is 494 g/mol. The van der Waals surface area contributed by atoms with Crippen LogP contribution in [0.15, 0.2) is 72.9 Å². The monoisotopic (exact) mass is 513 g/mol. The number of carbonyl (C=O) groups is 3. The standard InChI is InChI=1S/C28H20ClN3O5/c29-16-5-7-17(8-6-16)30-26(33)25-23-22(24-19-4-2-1-3-15(19)11-12-31(24)25)27(34)32(28(23)35)18-9-10-20-21(13-18)37-14-36-20/h1-13,22-25H,14H2,(H,30,33)/t22-,23-,24-,25+/m0/s1. The molecule has 3 amide bonds. The SMILES string of the molecule is O=C(Nc1ccc(Cl)cc1)[C@H]1[C@H]2C(=O)N(c3ccc4c(c3)OCO4)C(=O)[C@@H]2[C@@H]2c3ccccc3C=CN12. The van der Waals surface area contributed by atoms with Gasteiger partial charge in [0, 0.05) is 23.0 Å². The van der Waals surface area contributed by atoms with Gasteiger partial charge < -0.3 is 19.7 Å². The Morgan fingerprint density at radius 3 is 2.51 bits per heavy atom. The van der Waals surface area contributed by atoms with Crippen molar-refractivity contribution in [1.82, 2.24) is 4.90 Å². The van der Waals surface area contributed by atoms with Gasteiger partial charge in [-0.15, -0.1) is 0 Å². The molecule has 8 nitrogen and oxygen atoms in total. The van der Waals surface area contributed by atoms with Crippen molar-refractivity contribution < 1.29 is 23.9 Å². The minimum absolute atomic E-state index is 0.0824. The van der Waals surface area contributed by atoms with Gasteiger partial charge in [-0.1, -0.05) is 35.9 Å². The summed E-state index contributed by atoms with van der Waals surface area (Å²) in [5, 5.41) is 3.46. The topological polar surface area (TPSA) is 88.2 Å². The minimum Gasteiger partial charge on any atom is -0.454 e. The van der Waals surface area contributed by atoms with Crippen LogP contribution in [0.4, 0.5) is 11.4 Å². The Morgan fingerprint density at radius 1 is 0.919 bits per heavy atom. The van der Waals surface area contributed by atoms with Gasteiger partial charge in [-0.3, -0.25) is 14.4 Å². The molecule has 4 heterocycles. The molecule has 2 saturated heterocycles. The van der Waals surface area contributed by atoms with Crippen molar-refractivity contribution in [3.8, 4) is 11.5 Å². The predicted octanol–water partition coefficient (Wildman–Crippen LogP) is 4.22. The summed E-state index contributed by atoms with van der Waals surface area (Å²) in [6.45, 7) is 0.0824. The number of rotatable bonds is 3. The maximum absolute atomic E-state index is 14.0. The first-order valence-corrected chi connectivity index (χ1v) is 12.3. The third kappa shape index (κ3) is 3.25. The average molecular weight is 514 g/mol. The van der Waals surface area contributed by atoms with Crippen LogP contribution < -0.4 is 19.7 Å². The van der Waals surface area contributed by atoms with Gasteiger partial charge >= 0.3 is 0 Å². The molecule has 0 saturated carbocycles. The molecule has 184 valence electrons. The predicted molar refractivity (Wildman–Crippen MR) is 136 cm³/mol. The number of benzene rings is 3. The van der Waals surface area contributed by atoms with Gasteiger partial charge in [-0.05, 0) is 53.6 Å². The van der Waals surface area contributed by atoms with Crippen molar-refractivity contribution in [2.75, 3.05) is 17.0 Å². The van der Waals surface area contributed by atoms with Crippen molar-refractivity contribution in [1.29, 1.82) is 0 Å². The zero-order valence-corrected chi connectivity index (χ0v) is 20.1. The van der Waals surface area contributed by atoms with E-state index in [1.807, 2.05) is 41.4 Å². The molecule has 2 fully saturated rings. The zero-order valence-electron chi connectivity index (χ0n) is 19.3. The van der Waals surface area contributed by atoms with Crippen LogP contribution in [0.3, 0.4) is 0 Å². The van der Waals surface area contributed by atoms with E-state index in [0.717, 1.165) is 11.1 Å². The number of anilines is 2. The van der Waals surface area contributed by atoms with E-state index in [0.29, 0.717) is 27.9 Å². The van der Waals surface area contributed by atoms with Crippen LogP contribution in [0.25, 0.3) is 6.08 Å². The molecule has 0 aliphatic carbocycles. The molecule has 3 aromatic carbocycles. The molecule has 0 radical (unpaired) electrons. The van der Waals surface area contributed by atoms with E-state index in [9.17, 15) is 14.4 Å². The van der Waals surface area contributed by atoms with Crippen LogP contribution in [-0.4, -0.2) is 35.5 Å². The van der Waals surface area contributed by atoms with E-state index < -0.39 is 29.8 Å². The van der Waals surface area contributed by atoms with E-state index in [1.54, 1.807) is 42.5 Å². The number of hydrogen-bond acceptors (Lipinski definition) is 6. The molecule has 0 bridgehead atoms. The second kappa shape index (κ2) is 8.11. The third-order valence-electron chi connectivity index (χ3n) is 7.46. The third-order valence-corrected chi connectivity index (χ3v) is 7.71. The minimum atomic E-state index is -0.884. The summed E-state index contributed by atoms with van der Waals surface area (Å²) in [5.74, 6) is -1.68. The van der Waals surface area contributed by atoms with Crippen LogP contribution >= 0.6 is 11.6 Å². The van der Waals surface area contributed by atoms with Crippen molar-refractivity contribution in [3.05, 3.63) is 89.1 Å². The number of hydrogen-bond donors (Lipinski definition) is 1. The van der Waals surface area contributed by atoms with Crippen LogP contribution in [-0.2, 0) is 14.4 Å². The highest BCUT2D eigenvalue weighted by Gasteiger charge is 2.64. The Labute approximate surface area is 217 Å². The van der Waals surface area contributed by atoms with Crippen molar-refractivity contribution in [2.24, 2.45) is 11.8 Å². The molecule has 9 heteroatoms. The summed E-state index contributed by atoms with van der Waals surface area (Å²) in [6.07, 6.45) is 3.74. The number of halogens is 1. The van der Waals surface area contributed by atoms with Crippen molar-refractivity contribution in [3.63, 3.8) is 0 Å². The van der Waals surface area contributed by atoms with Crippen LogP contribution in [0.5, 0.6) is 11.5 Å². The molecule has 4 atom stereocenters. The highest BCUT2D eigenvalue weighted by Crippen LogP contribution is 2.53. The largest absolute Gasteiger partial charge is 0.454 e. The van der Waals surface area contributed by atoms with Crippen molar-refractivity contribution >= 4 is 46.8 Å². The molecule has 3 aromatic rings. The average Bonchev–Trinajstić information content (AvgIpc) is 3.58. The maximum atomic E-state index is 14.0. The molecule has 1 N–H and O–H groups in total. The van der Waals surface area contributed by atoms with Crippen LogP contribution in [0.1, 0.15) is 17.2 Å². The number of amides is 3. The lowest BCUT2D eigenvalue weighted by molar-refractivity contribution is -0.128. The number of nitrogens with zero attached hydrogens (tertiary/aromatic N) is 2. The molecule has 4 aliphatic rings. The summed E-state index contributed by atoms with van der Waals surface area (Å²) in [5.41, 5.74) is 2.83. The maximum Gasteiger partial charge on any atom is 0.247 e. The molecule has 4 aliphatic heterocycles. The first-order chi connectivity index (χ1) is 18.0. The van der Waals surface area contributed by atoms with Crippen molar-refractivity contribution in [2.45, 2.75) is 12.1 Å². The smallest absolute Gasteiger partial charge is 0.247 e. The molecule has 37 heavy (non-hydrogen) atoms. The van der Waals surface area contributed by atoms with Gasteiger partial charge in [0.05, 0.1) is 23.6 Å². The van der Waals surface area contributed by atoms with Gasteiger partial charge in [0.15, 0.2) is 11.5 Å². The fraction of sp³-hybridized carbons (Fsp3) is 0.179. The molecule has 0 aromatic heterocycles. The van der Waals surface area contributed by atoms with E-state index in [1.165, 1.54) is 4.90 Å². The van der Waals surface area contributed by atoms with Crippen LogP contribution in [0.2, 0.25) is 5.02 Å². The van der Waals surface area contributed by atoms with Gasteiger partial charge in [-0.2, -0.15) is 0 Å². The first kappa shape index (κ1) is 21.9. The first-order valence-electron chi connectivity index (χ1n) is 11.9. The fourth-order valence-corrected chi connectivity index (χ4v) is 6.01. The van der Waals surface area contributed by atoms with Gasteiger partial charge in [0.2, 0.25) is 24.5 Å². The van der Waals surface area contributed by atoms with E-state index >= 15 is 0 Å². The molecular formula is C28H20ClN3O5. The second-order valence-electron chi connectivity index (χ2n) is 9.38. The normalized spacial score (nSPS) is 24.7. The van der Waals surface area contributed by atoms with Gasteiger partial charge in [-0.25, -0.2) is 4.90 Å².